The van der Waals surface area contributed by atoms with Crippen LogP contribution in [0.1, 0.15) is 12.5 Å². The van der Waals surface area contributed by atoms with Crippen LogP contribution in [0.25, 0.3) is 0 Å². The van der Waals surface area contributed by atoms with Crippen LogP contribution in [0, 0.1) is 0 Å². The average molecular weight is 469 g/mol. The first-order valence-corrected chi connectivity index (χ1v) is 13.2. The number of ether oxygens (including phenoxy) is 2. The maximum atomic E-state index is 13.4. The lowest BCUT2D eigenvalue weighted by atomic mass is 10.1. The number of hydrogen-bond acceptors (Lipinski definition) is 6. The summed E-state index contributed by atoms with van der Waals surface area (Å²) in [5.41, 5.74) is 0.954. The molecule has 0 bridgehead atoms. The molecule has 2 atom stereocenters. The summed E-state index contributed by atoms with van der Waals surface area (Å²) in [4.78, 5) is 0.126. The van der Waals surface area contributed by atoms with Crippen LogP contribution >= 0.6 is 0 Å². The number of rotatable bonds is 8. The largest absolute Gasteiger partial charge is 0.497 e. The second-order valence-corrected chi connectivity index (χ2v) is 11.3. The molecule has 0 aliphatic carbocycles. The van der Waals surface area contributed by atoms with E-state index in [9.17, 15) is 16.8 Å². The van der Waals surface area contributed by atoms with E-state index in [1.54, 1.807) is 19.1 Å². The summed E-state index contributed by atoms with van der Waals surface area (Å²) >= 11 is 0. The van der Waals surface area contributed by atoms with E-state index in [4.69, 9.17) is 9.47 Å². The quantitative estimate of drug-likeness (QED) is 0.588. The summed E-state index contributed by atoms with van der Waals surface area (Å²) in [7, 11) is -5.84. The third-order valence-electron chi connectivity index (χ3n) is 5.41. The van der Waals surface area contributed by atoms with E-state index in [1.807, 2.05) is 30.3 Å². The third kappa shape index (κ3) is 5.45. The van der Waals surface area contributed by atoms with Gasteiger partial charge in [-0.3, -0.25) is 0 Å². The number of methoxy groups -OCH3 is 1. The van der Waals surface area contributed by atoms with Crippen molar-refractivity contribution in [3.05, 3.63) is 60.2 Å². The van der Waals surface area contributed by atoms with Gasteiger partial charge in [-0.15, -0.1) is 0 Å². The highest BCUT2D eigenvalue weighted by Gasteiger charge is 2.43. The molecular formula is C21H28N2O6S2. The smallest absolute Gasteiger partial charge is 0.243 e. The fourth-order valence-electron chi connectivity index (χ4n) is 3.74. The molecule has 0 unspecified atom stereocenters. The van der Waals surface area contributed by atoms with Gasteiger partial charge in [0, 0.05) is 19.1 Å². The van der Waals surface area contributed by atoms with Crippen LogP contribution < -0.4 is 4.74 Å². The molecule has 0 aromatic heterocycles. The van der Waals surface area contributed by atoms with Crippen molar-refractivity contribution in [3.63, 3.8) is 0 Å². The number of benzene rings is 2. The number of hydrogen-bond donors (Lipinski definition) is 0. The molecule has 8 nitrogen and oxygen atoms in total. The van der Waals surface area contributed by atoms with E-state index in [0.29, 0.717) is 12.4 Å². The van der Waals surface area contributed by atoms with Crippen molar-refractivity contribution >= 4 is 20.0 Å². The molecule has 3 rings (SSSR count). The molecule has 2 aromatic rings. The molecule has 0 spiro atoms. The normalized spacial score (nSPS) is 21.1. The van der Waals surface area contributed by atoms with Gasteiger partial charge in [0.2, 0.25) is 20.0 Å². The second kappa shape index (κ2) is 9.66. The molecule has 0 N–H and O–H groups in total. The topological polar surface area (TPSA) is 93.2 Å². The minimum absolute atomic E-state index is 0.0468. The van der Waals surface area contributed by atoms with Crippen LogP contribution in [-0.4, -0.2) is 70.6 Å². The van der Waals surface area contributed by atoms with E-state index >= 15 is 0 Å². The molecule has 31 heavy (non-hydrogen) atoms. The maximum absolute atomic E-state index is 13.4. The van der Waals surface area contributed by atoms with E-state index in [2.05, 4.69) is 0 Å². The Morgan fingerprint density at radius 2 is 1.55 bits per heavy atom. The summed E-state index contributed by atoms with van der Waals surface area (Å²) in [6, 6.07) is 14.4. The molecule has 1 saturated heterocycles. The van der Waals surface area contributed by atoms with Crippen molar-refractivity contribution in [2.45, 2.75) is 30.5 Å². The Morgan fingerprint density at radius 3 is 2.13 bits per heavy atom. The van der Waals surface area contributed by atoms with Gasteiger partial charge in [0.1, 0.15) is 5.75 Å². The van der Waals surface area contributed by atoms with E-state index in [-0.39, 0.29) is 24.6 Å². The first-order valence-electron chi connectivity index (χ1n) is 9.89. The van der Waals surface area contributed by atoms with Crippen LogP contribution in [0.4, 0.5) is 0 Å². The van der Waals surface area contributed by atoms with Gasteiger partial charge < -0.3 is 9.47 Å². The maximum Gasteiger partial charge on any atom is 0.243 e. The summed E-state index contributed by atoms with van der Waals surface area (Å²) in [6.07, 6.45) is 1.14. The lowest BCUT2D eigenvalue weighted by molar-refractivity contribution is 0.0340. The minimum Gasteiger partial charge on any atom is -0.497 e. The molecule has 1 heterocycles. The molecule has 0 radical (unpaired) electrons. The lowest BCUT2D eigenvalue weighted by Gasteiger charge is -2.44. The molecule has 1 aliphatic heterocycles. The Labute approximate surface area is 184 Å². The number of piperazine rings is 1. The van der Waals surface area contributed by atoms with E-state index in [1.165, 1.54) is 27.9 Å². The Morgan fingerprint density at radius 1 is 0.935 bits per heavy atom. The second-order valence-electron chi connectivity index (χ2n) is 7.47. The Hall–Kier alpha value is -1.98. The summed E-state index contributed by atoms with van der Waals surface area (Å²) in [6.45, 7) is 2.22. The highest BCUT2D eigenvalue weighted by atomic mass is 32.2. The SMILES string of the molecule is COc1ccc(S(=O)(=O)N2CCN(S(C)(=O)=O)[C@@H](C)[C@@H]2COCc2ccccc2)cc1. The van der Waals surface area contributed by atoms with Crippen LogP contribution in [0.3, 0.4) is 0 Å². The van der Waals surface area contributed by atoms with Crippen molar-refractivity contribution in [2.75, 3.05) is 33.1 Å². The molecule has 1 aliphatic rings. The highest BCUT2D eigenvalue weighted by molar-refractivity contribution is 7.89. The van der Waals surface area contributed by atoms with Crippen molar-refractivity contribution in [1.82, 2.24) is 8.61 Å². The average Bonchev–Trinajstić information content (AvgIpc) is 2.74. The van der Waals surface area contributed by atoms with Crippen molar-refractivity contribution in [1.29, 1.82) is 0 Å². The zero-order chi connectivity index (χ0) is 22.6. The van der Waals surface area contributed by atoms with Gasteiger partial charge in [-0.2, -0.15) is 8.61 Å². The van der Waals surface area contributed by atoms with Gasteiger partial charge in [-0.25, -0.2) is 16.8 Å². The zero-order valence-electron chi connectivity index (χ0n) is 17.8. The molecule has 2 aromatic carbocycles. The van der Waals surface area contributed by atoms with Gasteiger partial charge in [0.25, 0.3) is 0 Å². The Bertz CT molecular complexity index is 1070. The summed E-state index contributed by atoms with van der Waals surface area (Å²) < 4.78 is 64.9. The van der Waals surface area contributed by atoms with Crippen LogP contribution in [0.15, 0.2) is 59.5 Å². The highest BCUT2D eigenvalue weighted by Crippen LogP contribution is 2.28. The van der Waals surface area contributed by atoms with Gasteiger partial charge in [-0.1, -0.05) is 30.3 Å². The molecule has 0 saturated carbocycles. The van der Waals surface area contributed by atoms with Crippen molar-refractivity contribution in [2.24, 2.45) is 0 Å². The summed E-state index contributed by atoms with van der Waals surface area (Å²) in [5, 5.41) is 0. The lowest BCUT2D eigenvalue weighted by Crippen LogP contribution is -2.62. The molecular weight excluding hydrogens is 440 g/mol. The standard InChI is InChI=1S/C21H28N2O6S2/c1-17-21(16-29-15-18-7-5-4-6-8-18)23(14-13-22(17)30(3,24)25)31(26,27)20-11-9-19(28-2)10-12-20/h4-12,17,21H,13-16H2,1-3H3/t17-,21-/m0/s1. The first-order chi connectivity index (χ1) is 14.6. The Kier molecular flexibility index (Phi) is 7.38. The van der Waals surface area contributed by atoms with Gasteiger partial charge in [-0.05, 0) is 36.8 Å². The molecule has 1 fully saturated rings. The molecule has 0 amide bonds. The molecule has 170 valence electrons. The number of nitrogens with zero attached hydrogens (tertiary/aromatic N) is 2. The first kappa shape index (κ1) is 23.7. The van der Waals surface area contributed by atoms with Gasteiger partial charge in [0.05, 0.1) is 37.5 Å². The predicted octanol–water partition coefficient (Wildman–Crippen LogP) is 1.94. The van der Waals surface area contributed by atoms with Crippen molar-refractivity contribution in [3.8, 4) is 5.75 Å². The monoisotopic (exact) mass is 468 g/mol. The predicted molar refractivity (Wildman–Crippen MR) is 118 cm³/mol. The fraction of sp³-hybridized carbons (Fsp3) is 0.429. The van der Waals surface area contributed by atoms with Gasteiger partial charge >= 0.3 is 0 Å². The number of sulfonamides is 2. The molecule has 10 heteroatoms. The van der Waals surface area contributed by atoms with E-state index < -0.39 is 32.1 Å². The zero-order valence-corrected chi connectivity index (χ0v) is 19.5. The van der Waals surface area contributed by atoms with Crippen LogP contribution in [-0.2, 0) is 31.4 Å². The van der Waals surface area contributed by atoms with Crippen LogP contribution in [0.5, 0.6) is 5.75 Å². The third-order valence-corrected chi connectivity index (χ3v) is 8.72. The van der Waals surface area contributed by atoms with Gasteiger partial charge in [0.15, 0.2) is 0 Å². The summed E-state index contributed by atoms with van der Waals surface area (Å²) in [5.74, 6) is 0.553. The minimum atomic E-state index is -3.86. The van der Waals surface area contributed by atoms with Crippen LogP contribution in [0.2, 0.25) is 0 Å². The fourth-order valence-corrected chi connectivity index (χ4v) is 6.57. The van der Waals surface area contributed by atoms with Crippen molar-refractivity contribution < 1.29 is 26.3 Å². The Balaban J connectivity index is 1.86. The van der Waals surface area contributed by atoms with E-state index in [0.717, 1.165) is 11.8 Å².